The van der Waals surface area contributed by atoms with Gasteiger partial charge in [-0.3, -0.25) is 9.59 Å². The molecule has 2 aromatic carbocycles. The first kappa shape index (κ1) is 17.5. The molecule has 0 atom stereocenters. The Bertz CT molecular complexity index is 1040. The predicted molar refractivity (Wildman–Crippen MR) is 95.8 cm³/mol. The smallest absolute Gasteiger partial charge is 0.325 e. The number of esters is 1. The minimum atomic E-state index is -0.580. The average molecular weight is 423 g/mol. The average Bonchev–Trinajstić information content (AvgIpc) is 2.91. The topological polar surface area (TPSA) is 60.7 Å². The first-order valence-electron chi connectivity index (χ1n) is 7.18. The summed E-state index contributed by atoms with van der Waals surface area (Å²) in [6.45, 7) is -0.0760. The van der Waals surface area contributed by atoms with Crippen molar-refractivity contribution in [3.63, 3.8) is 0 Å². The van der Waals surface area contributed by atoms with Crippen LogP contribution >= 0.6 is 27.3 Å². The Morgan fingerprint density at radius 2 is 2.08 bits per heavy atom. The van der Waals surface area contributed by atoms with Crippen molar-refractivity contribution >= 4 is 49.4 Å². The van der Waals surface area contributed by atoms with Crippen LogP contribution in [0.4, 0.5) is 4.39 Å². The number of ether oxygens (including phenoxy) is 1. The Kier molecular flexibility index (Phi) is 5.10. The van der Waals surface area contributed by atoms with Crippen molar-refractivity contribution in [1.29, 1.82) is 0 Å². The zero-order chi connectivity index (χ0) is 18.0. The molecule has 0 unspecified atom stereocenters. The van der Waals surface area contributed by atoms with Gasteiger partial charge in [0, 0.05) is 10.0 Å². The van der Waals surface area contributed by atoms with Crippen LogP contribution in [0.15, 0.2) is 51.9 Å². The van der Waals surface area contributed by atoms with Crippen LogP contribution in [0.1, 0.15) is 10.4 Å². The summed E-state index contributed by atoms with van der Waals surface area (Å²) in [6.07, 6.45) is 0. The number of rotatable bonds is 3. The molecule has 1 heterocycles. The van der Waals surface area contributed by atoms with Gasteiger partial charge < -0.3 is 9.30 Å². The van der Waals surface area contributed by atoms with E-state index in [-0.39, 0.29) is 12.1 Å². The molecule has 0 radical (unpaired) electrons. The fourth-order valence-electron chi connectivity index (χ4n) is 2.25. The van der Waals surface area contributed by atoms with Gasteiger partial charge in [-0.1, -0.05) is 33.3 Å². The number of benzene rings is 2. The van der Waals surface area contributed by atoms with Crippen LogP contribution in [0.2, 0.25) is 0 Å². The largest absolute Gasteiger partial charge is 0.468 e. The summed E-state index contributed by atoms with van der Waals surface area (Å²) >= 11 is 4.65. The van der Waals surface area contributed by atoms with E-state index in [1.54, 1.807) is 4.57 Å². The highest BCUT2D eigenvalue weighted by Crippen LogP contribution is 2.22. The molecule has 128 valence electrons. The van der Waals surface area contributed by atoms with E-state index in [1.807, 2.05) is 18.2 Å². The molecule has 0 aliphatic rings. The fraction of sp³-hybridized carbons (Fsp3) is 0.118. The third-order valence-electron chi connectivity index (χ3n) is 3.43. The first-order valence-corrected chi connectivity index (χ1v) is 8.79. The Hall–Kier alpha value is -2.32. The molecule has 0 fully saturated rings. The van der Waals surface area contributed by atoms with E-state index in [0.717, 1.165) is 20.8 Å². The van der Waals surface area contributed by atoms with Crippen LogP contribution in [0, 0.1) is 5.82 Å². The van der Waals surface area contributed by atoms with Gasteiger partial charge in [-0.25, -0.2) is 4.39 Å². The van der Waals surface area contributed by atoms with Crippen LogP contribution < -0.4 is 4.80 Å². The van der Waals surface area contributed by atoms with Crippen molar-refractivity contribution in [3.8, 4) is 0 Å². The number of hydrogen-bond donors (Lipinski definition) is 0. The van der Waals surface area contributed by atoms with Gasteiger partial charge in [-0.15, -0.1) is 0 Å². The number of hydrogen-bond acceptors (Lipinski definition) is 4. The minimum absolute atomic E-state index is 0.0760. The Labute approximate surface area is 154 Å². The van der Waals surface area contributed by atoms with Crippen molar-refractivity contribution in [3.05, 3.63) is 63.1 Å². The molecule has 0 aliphatic carbocycles. The second-order valence-electron chi connectivity index (χ2n) is 5.09. The maximum Gasteiger partial charge on any atom is 0.325 e. The molecule has 8 heteroatoms. The Balaban J connectivity index is 2.15. The fourth-order valence-corrected chi connectivity index (χ4v) is 3.83. The maximum atomic E-state index is 13.3. The summed E-state index contributed by atoms with van der Waals surface area (Å²) in [5.74, 6) is -1.55. The summed E-state index contributed by atoms with van der Waals surface area (Å²) in [5.41, 5.74) is 0.896. The highest BCUT2D eigenvalue weighted by atomic mass is 79.9. The highest BCUT2D eigenvalue weighted by Gasteiger charge is 2.13. The molecule has 0 saturated carbocycles. The van der Waals surface area contributed by atoms with Gasteiger partial charge in [-0.05, 0) is 36.4 Å². The lowest BCUT2D eigenvalue weighted by Gasteiger charge is -2.03. The van der Waals surface area contributed by atoms with Crippen LogP contribution in [-0.2, 0) is 16.1 Å². The molecule has 3 aromatic rings. The Morgan fingerprint density at radius 3 is 2.80 bits per heavy atom. The summed E-state index contributed by atoms with van der Waals surface area (Å²) in [7, 11) is 1.29. The normalized spacial score (nSPS) is 11.7. The van der Waals surface area contributed by atoms with E-state index in [1.165, 1.54) is 36.6 Å². The number of halogens is 2. The molecule has 5 nitrogen and oxygen atoms in total. The molecule has 0 saturated heterocycles. The van der Waals surface area contributed by atoms with E-state index in [0.29, 0.717) is 4.80 Å². The molecule has 0 aliphatic heterocycles. The van der Waals surface area contributed by atoms with Gasteiger partial charge in [0.25, 0.3) is 5.91 Å². The molecule has 0 N–H and O–H groups in total. The van der Waals surface area contributed by atoms with Crippen LogP contribution in [-0.4, -0.2) is 23.6 Å². The number of fused-ring (bicyclic) bond motifs is 1. The predicted octanol–water partition coefficient (Wildman–Crippen LogP) is 3.52. The molecular formula is C17H12BrFN2O3S. The minimum Gasteiger partial charge on any atom is -0.468 e. The molecule has 0 bridgehead atoms. The van der Waals surface area contributed by atoms with Crippen molar-refractivity contribution in [2.24, 2.45) is 4.99 Å². The van der Waals surface area contributed by atoms with Gasteiger partial charge in [0.1, 0.15) is 12.4 Å². The number of carbonyl (C=O) groups excluding carboxylic acids is 2. The van der Waals surface area contributed by atoms with Gasteiger partial charge in [-0.2, -0.15) is 4.99 Å². The molecule has 0 spiro atoms. The monoisotopic (exact) mass is 422 g/mol. The van der Waals surface area contributed by atoms with Gasteiger partial charge >= 0.3 is 5.97 Å². The maximum absolute atomic E-state index is 13.3. The second-order valence-corrected chi connectivity index (χ2v) is 7.01. The van der Waals surface area contributed by atoms with Crippen molar-refractivity contribution in [2.75, 3.05) is 7.11 Å². The number of nitrogens with zero attached hydrogens (tertiary/aromatic N) is 2. The zero-order valence-electron chi connectivity index (χ0n) is 13.0. The lowest BCUT2D eigenvalue weighted by Crippen LogP contribution is -2.22. The van der Waals surface area contributed by atoms with Crippen molar-refractivity contribution in [1.82, 2.24) is 4.57 Å². The van der Waals surface area contributed by atoms with Crippen molar-refractivity contribution < 1.29 is 18.7 Å². The third-order valence-corrected chi connectivity index (χ3v) is 4.96. The highest BCUT2D eigenvalue weighted by molar-refractivity contribution is 9.10. The quantitative estimate of drug-likeness (QED) is 0.606. The summed E-state index contributed by atoms with van der Waals surface area (Å²) in [5, 5.41) is 0. The second kappa shape index (κ2) is 7.28. The lowest BCUT2D eigenvalue weighted by molar-refractivity contribution is -0.141. The number of amides is 1. The number of aromatic nitrogens is 1. The number of methoxy groups -OCH3 is 1. The van der Waals surface area contributed by atoms with Crippen molar-refractivity contribution in [2.45, 2.75) is 6.54 Å². The van der Waals surface area contributed by atoms with Crippen LogP contribution in [0.5, 0.6) is 0 Å². The Morgan fingerprint density at radius 1 is 1.28 bits per heavy atom. The summed E-state index contributed by atoms with van der Waals surface area (Å²) in [6, 6.07) is 10.8. The number of carbonyl (C=O) groups is 2. The van der Waals surface area contributed by atoms with E-state index in [9.17, 15) is 14.0 Å². The lowest BCUT2D eigenvalue weighted by atomic mass is 10.2. The molecule has 3 rings (SSSR count). The van der Waals surface area contributed by atoms with E-state index >= 15 is 0 Å². The third kappa shape index (κ3) is 3.85. The van der Waals surface area contributed by atoms with E-state index in [4.69, 9.17) is 4.74 Å². The van der Waals surface area contributed by atoms with Gasteiger partial charge in [0.15, 0.2) is 4.80 Å². The first-order chi connectivity index (χ1) is 12.0. The number of thiazole rings is 1. The molecule has 1 aromatic heterocycles. The standard InChI is InChI=1S/C17H12BrFN2O3S/c1-24-15(22)9-21-13-6-5-11(18)8-14(13)25-17(21)20-16(23)10-3-2-4-12(19)7-10/h2-8H,9H2,1H3. The van der Waals surface area contributed by atoms with Gasteiger partial charge in [0.05, 0.1) is 17.3 Å². The SMILES string of the molecule is COC(=O)Cn1c(=NC(=O)c2cccc(F)c2)sc2cc(Br)ccc21. The van der Waals surface area contributed by atoms with Gasteiger partial charge in [0.2, 0.25) is 0 Å². The van der Waals surface area contributed by atoms with Crippen LogP contribution in [0.25, 0.3) is 10.2 Å². The summed E-state index contributed by atoms with van der Waals surface area (Å²) < 4.78 is 21.4. The van der Waals surface area contributed by atoms with Crippen LogP contribution in [0.3, 0.4) is 0 Å². The molecule has 25 heavy (non-hydrogen) atoms. The van der Waals surface area contributed by atoms with E-state index in [2.05, 4.69) is 20.9 Å². The van der Waals surface area contributed by atoms with E-state index < -0.39 is 17.7 Å². The summed E-state index contributed by atoms with van der Waals surface area (Å²) in [4.78, 5) is 28.5. The zero-order valence-corrected chi connectivity index (χ0v) is 15.4. The molecular weight excluding hydrogens is 411 g/mol. The molecule has 1 amide bonds.